The lowest BCUT2D eigenvalue weighted by atomic mass is 10.2. The average molecular weight is 368 g/mol. The quantitative estimate of drug-likeness (QED) is 0.462. The Kier molecular flexibility index (Phi) is 5.85. The van der Waals surface area contributed by atoms with Crippen LogP contribution in [0.3, 0.4) is 0 Å². The van der Waals surface area contributed by atoms with E-state index in [0.29, 0.717) is 5.75 Å². The number of hydrazone groups is 1. The maximum atomic E-state index is 12.7. The Morgan fingerprint density at radius 3 is 2.72 bits per heavy atom. The lowest BCUT2D eigenvalue weighted by Gasteiger charge is -2.05. The van der Waals surface area contributed by atoms with Crippen LogP contribution in [0.2, 0.25) is 5.02 Å². The van der Waals surface area contributed by atoms with Crippen molar-refractivity contribution >= 4 is 29.4 Å². The van der Waals surface area contributed by atoms with Gasteiger partial charge in [0.05, 0.1) is 11.1 Å². The largest absolute Gasteiger partial charge is 0.502 e. The van der Waals surface area contributed by atoms with Gasteiger partial charge in [-0.1, -0.05) is 11.6 Å². The molecular weight excluding hydrogens is 357 g/mol. The Morgan fingerprint density at radius 2 is 2.08 bits per heavy atom. The molecule has 10 heteroatoms. The molecule has 130 valence electrons. The number of carbonyl (C=O) groups is 1. The van der Waals surface area contributed by atoms with Crippen molar-refractivity contribution < 1.29 is 24.0 Å². The zero-order chi connectivity index (χ0) is 18.4. The molecule has 0 aliphatic carbocycles. The number of hydrogen-bond acceptors (Lipinski definition) is 6. The number of ether oxygens (including phenoxy) is 1. The number of carbonyl (C=O) groups excluding carboxylic acids is 1. The molecule has 0 spiro atoms. The van der Waals surface area contributed by atoms with Gasteiger partial charge in [-0.3, -0.25) is 14.9 Å². The predicted octanol–water partition coefficient (Wildman–Crippen LogP) is 2.62. The molecule has 0 aliphatic heterocycles. The van der Waals surface area contributed by atoms with Gasteiger partial charge in [0.2, 0.25) is 5.75 Å². The fourth-order valence-electron chi connectivity index (χ4n) is 1.73. The van der Waals surface area contributed by atoms with Gasteiger partial charge in [-0.05, 0) is 30.3 Å². The van der Waals surface area contributed by atoms with Gasteiger partial charge < -0.3 is 9.84 Å². The third kappa shape index (κ3) is 5.15. The second kappa shape index (κ2) is 8.06. The smallest absolute Gasteiger partial charge is 0.312 e. The molecule has 0 aliphatic rings. The van der Waals surface area contributed by atoms with Crippen LogP contribution in [0.1, 0.15) is 5.56 Å². The molecule has 8 nitrogen and oxygen atoms in total. The van der Waals surface area contributed by atoms with Crippen LogP contribution in [0.25, 0.3) is 0 Å². The summed E-state index contributed by atoms with van der Waals surface area (Å²) in [4.78, 5) is 21.6. The monoisotopic (exact) mass is 367 g/mol. The summed E-state index contributed by atoms with van der Waals surface area (Å²) in [5, 5.41) is 24.1. The predicted molar refractivity (Wildman–Crippen MR) is 87.4 cm³/mol. The molecule has 0 saturated heterocycles. The molecule has 0 radical (unpaired) electrons. The third-order valence-corrected chi connectivity index (χ3v) is 3.08. The second-order valence-electron chi connectivity index (χ2n) is 4.66. The molecule has 0 fully saturated rings. The second-order valence-corrected chi connectivity index (χ2v) is 5.09. The molecule has 0 unspecified atom stereocenters. The van der Waals surface area contributed by atoms with Gasteiger partial charge >= 0.3 is 5.69 Å². The first-order chi connectivity index (χ1) is 11.9. The van der Waals surface area contributed by atoms with Crippen LogP contribution in [0.4, 0.5) is 10.1 Å². The van der Waals surface area contributed by atoms with Gasteiger partial charge in [0.1, 0.15) is 11.6 Å². The van der Waals surface area contributed by atoms with Gasteiger partial charge in [0, 0.05) is 16.7 Å². The van der Waals surface area contributed by atoms with Crippen LogP contribution < -0.4 is 10.2 Å². The first-order valence-electron chi connectivity index (χ1n) is 6.74. The average Bonchev–Trinajstić information content (AvgIpc) is 2.57. The molecule has 0 heterocycles. The van der Waals surface area contributed by atoms with Crippen molar-refractivity contribution in [2.45, 2.75) is 0 Å². The van der Waals surface area contributed by atoms with Crippen molar-refractivity contribution in [3.8, 4) is 11.5 Å². The number of nitrogens with zero attached hydrogens (tertiary/aromatic N) is 2. The number of nitro benzene ring substituents is 1. The summed E-state index contributed by atoms with van der Waals surface area (Å²) in [6.45, 7) is -0.384. The van der Waals surface area contributed by atoms with E-state index < -0.39 is 28.1 Å². The highest BCUT2D eigenvalue weighted by Gasteiger charge is 2.17. The van der Waals surface area contributed by atoms with E-state index in [2.05, 4.69) is 10.5 Å². The highest BCUT2D eigenvalue weighted by atomic mass is 35.5. The Hall–Kier alpha value is -3.20. The van der Waals surface area contributed by atoms with Gasteiger partial charge in [0.15, 0.2) is 6.61 Å². The van der Waals surface area contributed by atoms with Crippen LogP contribution in [-0.4, -0.2) is 28.8 Å². The molecule has 2 aromatic carbocycles. The SMILES string of the molecule is O=C(COc1ccc(F)cc1)N/N=C/c1cc(Cl)cc([N+](=O)[O-])c1O. The van der Waals surface area contributed by atoms with E-state index in [1.807, 2.05) is 0 Å². The highest BCUT2D eigenvalue weighted by Crippen LogP contribution is 2.32. The molecule has 1 amide bonds. The summed E-state index contributed by atoms with van der Waals surface area (Å²) in [6.07, 6.45) is 1.00. The van der Waals surface area contributed by atoms with Crippen LogP contribution in [0, 0.1) is 15.9 Å². The zero-order valence-corrected chi connectivity index (χ0v) is 13.2. The van der Waals surface area contributed by atoms with E-state index in [9.17, 15) is 24.4 Å². The van der Waals surface area contributed by atoms with E-state index in [4.69, 9.17) is 16.3 Å². The number of nitrogens with one attached hydrogen (secondary N) is 1. The van der Waals surface area contributed by atoms with E-state index >= 15 is 0 Å². The molecule has 0 saturated carbocycles. The number of amides is 1. The van der Waals surface area contributed by atoms with Gasteiger partial charge in [-0.15, -0.1) is 0 Å². The van der Waals surface area contributed by atoms with Crippen LogP contribution in [0.5, 0.6) is 11.5 Å². The maximum absolute atomic E-state index is 12.7. The number of phenolic OH excluding ortho intramolecular Hbond substituents is 1. The molecule has 0 aromatic heterocycles. The zero-order valence-electron chi connectivity index (χ0n) is 12.5. The number of hydrogen-bond donors (Lipinski definition) is 2. The highest BCUT2D eigenvalue weighted by molar-refractivity contribution is 6.31. The van der Waals surface area contributed by atoms with Gasteiger partial charge in [-0.2, -0.15) is 5.10 Å². The van der Waals surface area contributed by atoms with Crippen molar-refractivity contribution in [3.05, 3.63) is 62.9 Å². The molecule has 0 atom stereocenters. The summed E-state index contributed by atoms with van der Waals surface area (Å²) < 4.78 is 17.8. The number of rotatable bonds is 6. The minimum Gasteiger partial charge on any atom is -0.502 e. The third-order valence-electron chi connectivity index (χ3n) is 2.86. The molecule has 2 aromatic rings. The van der Waals surface area contributed by atoms with Crippen LogP contribution >= 0.6 is 11.6 Å². The van der Waals surface area contributed by atoms with Crippen molar-refractivity contribution in [3.63, 3.8) is 0 Å². The lowest BCUT2D eigenvalue weighted by molar-refractivity contribution is -0.385. The molecular formula is C15H11ClFN3O5. The fraction of sp³-hybridized carbons (Fsp3) is 0.0667. The van der Waals surface area contributed by atoms with E-state index in [-0.39, 0.29) is 17.2 Å². The Morgan fingerprint density at radius 1 is 1.40 bits per heavy atom. The summed E-state index contributed by atoms with van der Waals surface area (Å²) in [5.41, 5.74) is 1.49. The molecule has 25 heavy (non-hydrogen) atoms. The van der Waals surface area contributed by atoms with E-state index in [1.165, 1.54) is 30.3 Å². The fourth-order valence-corrected chi connectivity index (χ4v) is 1.95. The van der Waals surface area contributed by atoms with Crippen LogP contribution in [0.15, 0.2) is 41.5 Å². The number of halogens is 2. The Bertz CT molecular complexity index is 827. The number of phenols is 1. The standard InChI is InChI=1S/C15H11ClFN3O5/c16-10-5-9(15(22)13(6-10)20(23)24)7-18-19-14(21)8-25-12-3-1-11(17)2-4-12/h1-7,22H,8H2,(H,19,21)/b18-7+. The molecule has 2 rings (SSSR count). The number of aromatic hydroxyl groups is 1. The van der Waals surface area contributed by atoms with Gasteiger partial charge in [0.25, 0.3) is 5.91 Å². The van der Waals surface area contributed by atoms with E-state index in [0.717, 1.165) is 12.3 Å². The first kappa shape index (κ1) is 18.1. The summed E-state index contributed by atoms with van der Waals surface area (Å²) in [5.74, 6) is -1.40. The summed E-state index contributed by atoms with van der Waals surface area (Å²) >= 11 is 5.72. The number of benzene rings is 2. The van der Waals surface area contributed by atoms with Crippen molar-refractivity contribution in [2.24, 2.45) is 5.10 Å². The Balaban J connectivity index is 1.95. The van der Waals surface area contributed by atoms with Crippen LogP contribution in [-0.2, 0) is 4.79 Å². The minimum atomic E-state index is -0.798. The molecule has 0 bridgehead atoms. The lowest BCUT2D eigenvalue weighted by Crippen LogP contribution is -2.24. The first-order valence-corrected chi connectivity index (χ1v) is 7.12. The topological polar surface area (TPSA) is 114 Å². The van der Waals surface area contributed by atoms with Crippen molar-refractivity contribution in [1.29, 1.82) is 0 Å². The van der Waals surface area contributed by atoms with E-state index in [1.54, 1.807) is 0 Å². The Labute approximate surface area is 145 Å². The van der Waals surface area contributed by atoms with Crippen molar-refractivity contribution in [1.82, 2.24) is 5.43 Å². The molecule has 2 N–H and O–H groups in total. The minimum absolute atomic E-state index is 0.0249. The van der Waals surface area contributed by atoms with Crippen molar-refractivity contribution in [2.75, 3.05) is 6.61 Å². The number of nitro groups is 1. The summed E-state index contributed by atoms with van der Waals surface area (Å²) in [6, 6.07) is 7.31. The summed E-state index contributed by atoms with van der Waals surface area (Å²) in [7, 11) is 0. The van der Waals surface area contributed by atoms with Gasteiger partial charge in [-0.25, -0.2) is 9.82 Å². The normalized spacial score (nSPS) is 10.6. The maximum Gasteiger partial charge on any atom is 0.312 e.